The van der Waals surface area contributed by atoms with Crippen molar-refractivity contribution < 1.29 is 4.52 Å². The summed E-state index contributed by atoms with van der Waals surface area (Å²) in [5.41, 5.74) is 10.4. The quantitative estimate of drug-likeness (QED) is 0.498. The lowest BCUT2D eigenvalue weighted by Crippen LogP contribution is -2.03. The van der Waals surface area contributed by atoms with Crippen LogP contribution in [0.1, 0.15) is 5.56 Å². The van der Waals surface area contributed by atoms with Crippen LogP contribution in [-0.2, 0) is 0 Å². The normalized spacial score (nSPS) is 11.6. The number of nitrogens with zero attached hydrogens (tertiary/aromatic N) is 4. The number of nitrogens with two attached hydrogens (primary N) is 1. The Balaban J connectivity index is 1.77. The van der Waals surface area contributed by atoms with Crippen molar-refractivity contribution in [1.29, 1.82) is 0 Å². The number of hydrogen-bond acceptors (Lipinski definition) is 7. The van der Waals surface area contributed by atoms with Crippen molar-refractivity contribution in [3.63, 3.8) is 0 Å². The van der Waals surface area contributed by atoms with E-state index in [4.69, 9.17) is 5.73 Å². The number of hydrogen-bond donors (Lipinski definition) is 2. The van der Waals surface area contributed by atoms with Crippen LogP contribution in [0.2, 0.25) is 0 Å². The van der Waals surface area contributed by atoms with Crippen molar-refractivity contribution in [2.75, 3.05) is 5.73 Å². The van der Waals surface area contributed by atoms with Gasteiger partial charge in [-0.3, -0.25) is 9.51 Å². The van der Waals surface area contributed by atoms with Crippen LogP contribution in [0, 0.1) is 6.92 Å². The third-order valence-electron chi connectivity index (χ3n) is 4.24. The van der Waals surface area contributed by atoms with E-state index in [9.17, 15) is 4.79 Å². The molecule has 0 aliphatic carbocycles. The van der Waals surface area contributed by atoms with Gasteiger partial charge in [0.05, 0.1) is 11.8 Å². The van der Waals surface area contributed by atoms with Crippen LogP contribution in [-0.4, -0.2) is 24.7 Å². The lowest BCUT2D eigenvalue weighted by molar-refractivity contribution is 0.388. The first kappa shape index (κ1) is 14.8. The SMILES string of the molecule is Cc1cc(-c2cnc3c(-c4noc(=O)[nH]4)cnn3c2N)c2sccc2c1. The molecule has 1 aromatic carbocycles. The summed E-state index contributed by atoms with van der Waals surface area (Å²) in [6, 6.07) is 6.33. The molecule has 8 nitrogen and oxygen atoms in total. The summed E-state index contributed by atoms with van der Waals surface area (Å²) in [5.74, 6) is 0.0945. The van der Waals surface area contributed by atoms with Crippen molar-refractivity contribution in [3.8, 4) is 22.5 Å². The molecule has 3 N–H and O–H groups in total. The van der Waals surface area contributed by atoms with E-state index in [1.54, 1.807) is 28.2 Å². The molecular formula is C17H12N6O2S. The molecule has 0 saturated heterocycles. The third kappa shape index (κ3) is 2.07. The number of aryl methyl sites for hydroxylation is 1. The molecule has 5 aromatic rings. The number of benzene rings is 1. The molecule has 0 aliphatic heterocycles. The van der Waals surface area contributed by atoms with E-state index < -0.39 is 5.76 Å². The molecule has 5 rings (SSSR count). The molecule has 0 fully saturated rings. The molecule has 0 spiro atoms. The van der Waals surface area contributed by atoms with Crippen molar-refractivity contribution in [1.82, 2.24) is 24.7 Å². The summed E-state index contributed by atoms with van der Waals surface area (Å²) < 4.78 is 7.25. The van der Waals surface area contributed by atoms with Crippen molar-refractivity contribution in [3.05, 3.63) is 52.1 Å². The number of nitrogens with one attached hydrogen (secondary N) is 1. The highest BCUT2D eigenvalue weighted by Crippen LogP contribution is 2.36. The van der Waals surface area contributed by atoms with Gasteiger partial charge in [-0.05, 0) is 35.4 Å². The summed E-state index contributed by atoms with van der Waals surface area (Å²) in [4.78, 5) is 18.2. The molecule has 0 bridgehead atoms. The van der Waals surface area contributed by atoms with Gasteiger partial charge in [-0.15, -0.1) is 11.3 Å². The van der Waals surface area contributed by atoms with Gasteiger partial charge in [0.1, 0.15) is 5.82 Å². The second-order valence-corrected chi connectivity index (χ2v) is 6.86. The Morgan fingerprint density at radius 3 is 2.92 bits per heavy atom. The molecular weight excluding hydrogens is 352 g/mol. The van der Waals surface area contributed by atoms with Crippen LogP contribution in [0.15, 0.2) is 45.3 Å². The second-order valence-electron chi connectivity index (χ2n) is 5.95. The lowest BCUT2D eigenvalue weighted by Gasteiger charge is -2.09. The first-order valence-corrected chi connectivity index (χ1v) is 8.66. The van der Waals surface area contributed by atoms with Crippen molar-refractivity contribution in [2.45, 2.75) is 6.92 Å². The highest BCUT2D eigenvalue weighted by atomic mass is 32.1. The minimum Gasteiger partial charge on any atom is -0.383 e. The molecule has 0 atom stereocenters. The van der Waals surface area contributed by atoms with Crippen LogP contribution < -0.4 is 11.5 Å². The second kappa shape index (κ2) is 5.27. The topological polar surface area (TPSA) is 115 Å². The molecule has 0 radical (unpaired) electrons. The number of aromatic amines is 1. The number of fused-ring (bicyclic) bond motifs is 2. The van der Waals surface area contributed by atoms with Gasteiger partial charge < -0.3 is 5.73 Å². The van der Waals surface area contributed by atoms with Crippen LogP contribution in [0.5, 0.6) is 0 Å². The fraction of sp³-hybridized carbons (Fsp3) is 0.0588. The fourth-order valence-electron chi connectivity index (χ4n) is 3.10. The molecule has 26 heavy (non-hydrogen) atoms. The van der Waals surface area contributed by atoms with Crippen LogP contribution >= 0.6 is 11.3 Å². The first-order chi connectivity index (χ1) is 12.6. The summed E-state index contributed by atoms with van der Waals surface area (Å²) >= 11 is 1.66. The van der Waals surface area contributed by atoms with Gasteiger partial charge in [0, 0.05) is 22.0 Å². The molecule has 4 heterocycles. The van der Waals surface area contributed by atoms with Gasteiger partial charge in [0.15, 0.2) is 11.5 Å². The third-order valence-corrected chi connectivity index (χ3v) is 5.21. The zero-order valence-electron chi connectivity index (χ0n) is 13.6. The van der Waals surface area contributed by atoms with Gasteiger partial charge in [-0.1, -0.05) is 11.2 Å². The van der Waals surface area contributed by atoms with Crippen LogP contribution in [0.3, 0.4) is 0 Å². The molecule has 0 amide bonds. The monoisotopic (exact) mass is 364 g/mol. The van der Waals surface area contributed by atoms with E-state index in [2.05, 4.69) is 55.2 Å². The smallest absolute Gasteiger partial charge is 0.383 e. The summed E-state index contributed by atoms with van der Waals surface area (Å²) in [6.07, 6.45) is 3.27. The molecule has 0 aliphatic rings. The van der Waals surface area contributed by atoms with E-state index in [0.29, 0.717) is 17.0 Å². The minimum atomic E-state index is -0.635. The largest absolute Gasteiger partial charge is 0.439 e. The number of H-pyrrole nitrogens is 1. The van der Waals surface area contributed by atoms with Crippen molar-refractivity contribution >= 4 is 32.9 Å². The fourth-order valence-corrected chi connectivity index (χ4v) is 4.01. The number of anilines is 1. The van der Waals surface area contributed by atoms with E-state index >= 15 is 0 Å². The summed E-state index contributed by atoms with van der Waals surface area (Å²) in [7, 11) is 0. The predicted octanol–water partition coefficient (Wildman–Crippen LogP) is 2.84. The zero-order valence-corrected chi connectivity index (χ0v) is 14.4. The number of nitrogen functional groups attached to an aromatic ring is 1. The molecule has 0 unspecified atom stereocenters. The molecule has 4 aromatic heterocycles. The Labute approximate surface area is 149 Å². The van der Waals surface area contributed by atoms with E-state index in [0.717, 1.165) is 21.4 Å². The maximum absolute atomic E-state index is 11.2. The van der Waals surface area contributed by atoms with Gasteiger partial charge in [-0.2, -0.15) is 9.61 Å². The zero-order chi connectivity index (χ0) is 17.8. The average Bonchev–Trinajstić information content (AvgIpc) is 3.33. The van der Waals surface area contributed by atoms with Gasteiger partial charge in [0.2, 0.25) is 0 Å². The number of rotatable bonds is 2. The maximum atomic E-state index is 11.2. The van der Waals surface area contributed by atoms with Crippen molar-refractivity contribution in [2.24, 2.45) is 0 Å². The van der Waals surface area contributed by atoms with E-state index in [1.165, 1.54) is 5.39 Å². The highest BCUT2D eigenvalue weighted by Gasteiger charge is 2.18. The highest BCUT2D eigenvalue weighted by molar-refractivity contribution is 7.17. The Bertz CT molecular complexity index is 1340. The Morgan fingerprint density at radius 1 is 1.23 bits per heavy atom. The van der Waals surface area contributed by atoms with Gasteiger partial charge in [-0.25, -0.2) is 9.78 Å². The van der Waals surface area contributed by atoms with E-state index in [-0.39, 0.29) is 5.82 Å². The minimum absolute atomic E-state index is 0.265. The number of aromatic nitrogens is 5. The standard InChI is InChI=1S/C17H12N6O2S/c1-8-4-9-2-3-26-13(9)10(5-8)11-6-19-16-12(7-20-23(16)14(11)18)15-21-17(24)25-22-15/h2-7H,18H2,1H3,(H,21,22,24). The first-order valence-electron chi connectivity index (χ1n) is 7.78. The average molecular weight is 364 g/mol. The molecule has 0 saturated carbocycles. The molecule has 9 heteroatoms. The predicted molar refractivity (Wildman–Crippen MR) is 99.1 cm³/mol. The summed E-state index contributed by atoms with van der Waals surface area (Å²) in [5, 5.41) is 11.2. The maximum Gasteiger partial charge on any atom is 0.439 e. The Hall–Kier alpha value is -3.46. The molecule has 128 valence electrons. The Kier molecular flexibility index (Phi) is 3.01. The van der Waals surface area contributed by atoms with Crippen LogP contribution in [0.25, 0.3) is 38.2 Å². The van der Waals surface area contributed by atoms with Gasteiger partial charge in [0.25, 0.3) is 0 Å². The van der Waals surface area contributed by atoms with E-state index in [1.807, 2.05) is 0 Å². The Morgan fingerprint density at radius 2 is 2.12 bits per heavy atom. The van der Waals surface area contributed by atoms with Crippen LogP contribution in [0.4, 0.5) is 5.82 Å². The lowest BCUT2D eigenvalue weighted by atomic mass is 10.0. The van der Waals surface area contributed by atoms with Gasteiger partial charge >= 0.3 is 5.76 Å². The summed E-state index contributed by atoms with van der Waals surface area (Å²) in [6.45, 7) is 2.05. The number of thiophene rings is 1.